The summed E-state index contributed by atoms with van der Waals surface area (Å²) in [5.74, 6) is 0.587. The number of benzene rings is 7. The molecule has 131 heavy (non-hydrogen) atoms. The predicted octanol–water partition coefficient (Wildman–Crippen LogP) is 1.04. The monoisotopic (exact) mass is 1940 g/mol. The maximum atomic E-state index is 11.4. The Morgan fingerprint density at radius 2 is 0.573 bits per heavy atom. The summed E-state index contributed by atoms with van der Waals surface area (Å²) in [6.07, 6.45) is -4.63. The zero-order valence-corrected chi connectivity index (χ0v) is 79.0. The van der Waals surface area contributed by atoms with Crippen LogP contribution in [-0.4, -0.2) is 375 Å². The van der Waals surface area contributed by atoms with Gasteiger partial charge in [0.2, 0.25) is 0 Å². The Morgan fingerprint density at radius 1 is 0.328 bits per heavy atom. The molecule has 43 heteroatoms. The van der Waals surface area contributed by atoms with Crippen molar-refractivity contribution in [2.24, 2.45) is 0 Å². The summed E-state index contributed by atoms with van der Waals surface area (Å²) in [6.45, 7) is 6.98. The molecule has 0 saturated carbocycles. The van der Waals surface area contributed by atoms with Gasteiger partial charge in [0.05, 0.1) is 86.1 Å². The van der Waals surface area contributed by atoms with E-state index in [4.69, 9.17) is 56.1 Å². The second-order valence-corrected chi connectivity index (χ2v) is 37.4. The average Bonchev–Trinajstić information content (AvgIpc) is 1.13. The number of hydrogen-bond acceptors (Lipinski definition) is 33. The number of rotatable bonds is 62. The van der Waals surface area contributed by atoms with E-state index in [0.717, 1.165) is 25.7 Å². The first kappa shape index (κ1) is 120. The molecule has 14 N–H and O–H groups in total. The Hall–Kier alpha value is -6.83. The molecule has 0 aliphatic rings. The quantitative estimate of drug-likeness (QED) is 0.0110. The second kappa shape index (κ2) is 69.0. The molecule has 734 valence electrons. The second-order valence-electron chi connectivity index (χ2n) is 30.2. The largest absolute Gasteiger partial charge is 1.00 e. The number of methoxy groups -OCH3 is 2. The summed E-state index contributed by atoms with van der Waals surface area (Å²) >= 11 is -2.39. The fourth-order valence-electron chi connectivity index (χ4n) is 12.0. The van der Waals surface area contributed by atoms with Gasteiger partial charge in [-0.2, -0.15) is 33.7 Å². The van der Waals surface area contributed by atoms with Crippen molar-refractivity contribution in [3.8, 4) is 23.0 Å². The van der Waals surface area contributed by atoms with Crippen LogP contribution >= 0.6 is 0 Å². The van der Waals surface area contributed by atoms with Crippen molar-refractivity contribution in [2.45, 2.75) is 105 Å². The van der Waals surface area contributed by atoms with Crippen LogP contribution in [0.15, 0.2) is 211 Å². The van der Waals surface area contributed by atoms with Gasteiger partial charge in [0.1, 0.15) is 73.8 Å². The molecule has 0 aliphatic heterocycles. The Kier molecular flexibility index (Phi) is 63.4. The Bertz CT molecular complexity index is 4340. The van der Waals surface area contributed by atoms with Gasteiger partial charge < -0.3 is 98.4 Å². The first-order valence-electron chi connectivity index (χ1n) is 42.1. The van der Waals surface area contributed by atoms with Crippen LogP contribution in [0.4, 0.5) is 5.69 Å². The molecule has 0 fully saturated rings. The van der Waals surface area contributed by atoms with Crippen LogP contribution in [0.3, 0.4) is 0 Å². The normalized spacial score (nSPS) is 14.3. The predicted molar refractivity (Wildman–Crippen MR) is 491 cm³/mol. The number of unbranched alkanes of at least 4 members (excludes halogenated alkanes) is 2. The van der Waals surface area contributed by atoms with Gasteiger partial charge in [0.25, 0.3) is 40.5 Å². The fourth-order valence-corrected chi connectivity index (χ4v) is 14.4. The van der Waals surface area contributed by atoms with Gasteiger partial charge in [0.15, 0.2) is 0 Å². The van der Waals surface area contributed by atoms with Gasteiger partial charge in [-0.3, -0.25) is 42.0 Å². The molecule has 0 aromatic heterocycles. The zero-order valence-electron chi connectivity index (χ0n) is 74.9. The Balaban J connectivity index is 0.000000559. The molecule has 7 aromatic rings. The van der Waals surface area contributed by atoms with E-state index < -0.39 is 136 Å². The molecule has 0 aliphatic carbocycles. The number of hydrogen-bond donors (Lipinski definition) is 14. The number of ether oxygens (including phenoxy) is 8. The zero-order chi connectivity index (χ0) is 96.2. The van der Waals surface area contributed by atoms with Crippen molar-refractivity contribution >= 4 is 57.2 Å². The molecule has 7 rings (SSSR count). The van der Waals surface area contributed by atoms with Crippen molar-refractivity contribution in [3.63, 3.8) is 0 Å². The van der Waals surface area contributed by atoms with Crippen molar-refractivity contribution in [1.82, 2.24) is 19.6 Å². The minimum Gasteiger partial charge on any atom is -0.768 e. The van der Waals surface area contributed by atoms with Gasteiger partial charge in [-0.1, -0.05) is 166 Å². The number of para-hydroxylation sites is 4. The molecule has 0 spiro atoms. The standard InChI is InChI=1S/C24H27NO6S.C20H27NO7S.C18H23NO5S.C16H35NO7S.C10H23NO7S.Li/c26-20(17-30-22-9-3-1-4-10-22)15-25(19-8-7-13-24(14-19)32(28)29)16-21(27)18-31-23-11-5-2-6-12-23;22-17(15-27-19-7-3-1-4-8-19)13-21(11-12-29(24,25)26)14-18(23)16-28-20-9-5-2-6-10-20;20-17(15-7-3-1-4-8-15)13-19(11-12-25(22,23)24)14-18(21)16-9-5-2-6-10-16;1-3-5-8-23-13-15(18)11-17(7-10-25(20,21)22)12-16(19)14-24-9-6-4-2;1-17-7-9(12)5-11(3-4-19(14,15)16)6-10(13)8-18-2;/h1-14,20-21,26-27H,15-18H2,(H,28,29);1-10,17-18,22-23H,11-16H2,(H,24,25,26);1-10,17-18,20-21H,11-14H2,(H,22,23,24);15-16,18-19H,3-14H2,1-2H3,(H,20,21,22);9-10,12-13H,3-8H2,1-2H3,(H,14,15,16);/q;;;;;+1/p-1. The average molecular weight is 1940 g/mol. The third-order valence-corrected chi connectivity index (χ3v) is 21.7. The van der Waals surface area contributed by atoms with E-state index in [0.29, 0.717) is 53.0 Å². The number of aliphatic hydroxyl groups is 10. The molecule has 37 nitrogen and oxygen atoms in total. The van der Waals surface area contributed by atoms with Gasteiger partial charge in [-0.05, 0) is 102 Å². The minimum atomic E-state index is -4.17. The van der Waals surface area contributed by atoms with Crippen LogP contribution in [0.25, 0.3) is 0 Å². The van der Waals surface area contributed by atoms with E-state index in [1.54, 1.807) is 129 Å². The first-order chi connectivity index (χ1) is 61.7. The molecule has 0 saturated heterocycles. The van der Waals surface area contributed by atoms with E-state index in [1.165, 1.54) is 31.3 Å². The smallest absolute Gasteiger partial charge is 0.768 e. The number of anilines is 1. The number of nitrogens with zero attached hydrogens (tertiary/aromatic N) is 5. The molecule has 0 radical (unpaired) electrons. The van der Waals surface area contributed by atoms with Gasteiger partial charge in [-0.25, -0.2) is 0 Å². The van der Waals surface area contributed by atoms with E-state index in [9.17, 15) is 93.5 Å². The van der Waals surface area contributed by atoms with Gasteiger partial charge in [-0.15, -0.1) is 0 Å². The van der Waals surface area contributed by atoms with Crippen molar-refractivity contribution in [3.05, 3.63) is 217 Å². The van der Waals surface area contributed by atoms with E-state index >= 15 is 0 Å². The molecule has 11 atom stereocenters. The third-order valence-electron chi connectivity index (χ3n) is 18.3. The van der Waals surface area contributed by atoms with Crippen molar-refractivity contribution in [1.29, 1.82) is 0 Å². The first-order valence-corrected chi connectivity index (χ1v) is 49.6. The van der Waals surface area contributed by atoms with Crippen LogP contribution in [0.1, 0.15) is 62.9 Å². The molecule has 0 amide bonds. The van der Waals surface area contributed by atoms with Crippen LogP contribution < -0.4 is 42.7 Å². The maximum Gasteiger partial charge on any atom is 1.00 e. The molecule has 0 heterocycles. The maximum absolute atomic E-state index is 11.4. The summed E-state index contributed by atoms with van der Waals surface area (Å²) in [5, 5.41) is 102. The molecular formula is C88H134LiN5O32S5. The topological polar surface area (TPSA) is 550 Å². The number of aliphatic hydroxyl groups excluding tert-OH is 10. The van der Waals surface area contributed by atoms with Gasteiger partial charge >= 0.3 is 18.9 Å². The molecule has 11 unspecified atom stereocenters. The fraction of sp³-hybridized carbons (Fsp3) is 0.523. The van der Waals surface area contributed by atoms with Crippen LogP contribution in [0.5, 0.6) is 23.0 Å². The van der Waals surface area contributed by atoms with Crippen molar-refractivity contribution in [2.75, 3.05) is 200 Å². The van der Waals surface area contributed by atoms with Gasteiger partial charge in [0, 0.05) is 130 Å². The summed E-state index contributed by atoms with van der Waals surface area (Å²) in [6, 6.07) is 60.6. The molecule has 0 bridgehead atoms. The Morgan fingerprint density at radius 3 is 0.824 bits per heavy atom. The summed E-state index contributed by atoms with van der Waals surface area (Å²) < 4.78 is 188. The van der Waals surface area contributed by atoms with E-state index in [-0.39, 0.29) is 168 Å². The Labute approximate surface area is 785 Å². The molecular weight excluding hydrogens is 1810 g/mol. The van der Waals surface area contributed by atoms with E-state index in [2.05, 4.69) is 0 Å². The van der Waals surface area contributed by atoms with Crippen LogP contribution in [0, 0.1) is 0 Å². The van der Waals surface area contributed by atoms with E-state index in [1.807, 2.05) is 98.8 Å². The summed E-state index contributed by atoms with van der Waals surface area (Å²) in [4.78, 5) is 8.14. The SMILES string of the molecule is CCCCOCC(O)CN(CCS(=O)(=O)O)CC(O)COCCCC.COCC(O)CN(CCS(=O)(=O)O)CC(O)COC.O=S(=O)(O)CCN(CC(O)COc1ccccc1)CC(O)COc1ccccc1.O=S(=O)(O)CCN(CC(O)c1ccccc1)CC(O)c1ccccc1.O=S([O-])c1cccc(N(CC(O)COc2ccccc2)CC(O)COc2ccccc2)c1.[Li+]. The summed E-state index contributed by atoms with van der Waals surface area (Å²) in [5.41, 5.74) is 1.96. The molecule has 7 aromatic carbocycles. The minimum absolute atomic E-state index is 0. The van der Waals surface area contributed by atoms with Crippen molar-refractivity contribution < 1.29 is 168 Å². The summed E-state index contributed by atoms with van der Waals surface area (Å²) in [7, 11) is -13.6. The van der Waals surface area contributed by atoms with Crippen LogP contribution in [0.2, 0.25) is 0 Å². The van der Waals surface area contributed by atoms with Crippen LogP contribution in [-0.2, 0) is 70.5 Å². The third kappa shape index (κ3) is 63.2.